The molecule has 0 aromatic heterocycles. The number of rotatable bonds is 3. The summed E-state index contributed by atoms with van der Waals surface area (Å²) < 4.78 is 0. The van der Waals surface area contributed by atoms with Gasteiger partial charge >= 0.3 is 0 Å². The summed E-state index contributed by atoms with van der Waals surface area (Å²) in [6.45, 7) is 2.72. The van der Waals surface area contributed by atoms with Gasteiger partial charge in [-0.15, -0.1) is 0 Å². The zero-order chi connectivity index (χ0) is 8.97. The van der Waals surface area contributed by atoms with E-state index in [1.165, 1.54) is 16.2 Å². The molecular formula is C10H15NO. The molecular weight excluding hydrogens is 150 g/mol. The lowest BCUT2D eigenvalue weighted by Gasteiger charge is -2.11. The van der Waals surface area contributed by atoms with E-state index in [-0.39, 0.29) is 0 Å². The molecule has 1 aromatic rings. The molecule has 2 heteroatoms. The predicted octanol–water partition coefficient (Wildman–Crippen LogP) is 2.07. The molecule has 0 atom stereocenters. The molecule has 0 aliphatic rings. The first-order valence-corrected chi connectivity index (χ1v) is 4.21. The van der Waals surface area contributed by atoms with E-state index in [1.807, 2.05) is 18.2 Å². The Morgan fingerprint density at radius 1 is 1.25 bits per heavy atom. The van der Waals surface area contributed by atoms with Crippen molar-refractivity contribution in [1.29, 1.82) is 0 Å². The van der Waals surface area contributed by atoms with E-state index in [1.54, 1.807) is 7.05 Å². The van der Waals surface area contributed by atoms with Gasteiger partial charge in [-0.05, 0) is 17.5 Å². The molecule has 0 amide bonds. The van der Waals surface area contributed by atoms with Crippen LogP contribution in [-0.4, -0.2) is 17.3 Å². The first kappa shape index (κ1) is 9.23. The summed E-state index contributed by atoms with van der Waals surface area (Å²) in [6.07, 6.45) is 1.02. The van der Waals surface area contributed by atoms with Gasteiger partial charge in [-0.25, -0.2) is 0 Å². The second-order valence-electron chi connectivity index (χ2n) is 2.94. The maximum absolute atomic E-state index is 9.06. The molecule has 0 radical (unpaired) electrons. The van der Waals surface area contributed by atoms with Crippen molar-refractivity contribution in [2.75, 3.05) is 7.05 Å². The fourth-order valence-electron chi connectivity index (χ4n) is 1.30. The van der Waals surface area contributed by atoms with Gasteiger partial charge < -0.3 is 5.21 Å². The van der Waals surface area contributed by atoms with Crippen LogP contribution in [0.4, 0.5) is 0 Å². The Morgan fingerprint density at radius 2 is 1.83 bits per heavy atom. The maximum atomic E-state index is 9.06. The fourth-order valence-corrected chi connectivity index (χ4v) is 1.30. The van der Waals surface area contributed by atoms with E-state index in [9.17, 15) is 0 Å². The van der Waals surface area contributed by atoms with Crippen LogP contribution in [0.25, 0.3) is 0 Å². The van der Waals surface area contributed by atoms with E-state index < -0.39 is 0 Å². The van der Waals surface area contributed by atoms with Gasteiger partial charge in [0.2, 0.25) is 0 Å². The Balaban J connectivity index is 2.82. The van der Waals surface area contributed by atoms with Crippen molar-refractivity contribution in [2.45, 2.75) is 19.9 Å². The van der Waals surface area contributed by atoms with E-state index >= 15 is 0 Å². The average Bonchev–Trinajstić information content (AvgIpc) is 2.04. The lowest BCUT2D eigenvalue weighted by atomic mass is 10.1. The highest BCUT2D eigenvalue weighted by Crippen LogP contribution is 2.10. The van der Waals surface area contributed by atoms with Crippen LogP contribution in [0, 0.1) is 0 Å². The normalized spacial score (nSPS) is 10.7. The molecule has 12 heavy (non-hydrogen) atoms. The minimum atomic E-state index is 0.601. The molecule has 0 heterocycles. The Kier molecular flexibility index (Phi) is 3.26. The fraction of sp³-hybridized carbons (Fsp3) is 0.400. The van der Waals surface area contributed by atoms with Crippen molar-refractivity contribution in [3.63, 3.8) is 0 Å². The maximum Gasteiger partial charge on any atom is 0.0488 e. The Bertz CT molecular complexity index is 245. The van der Waals surface area contributed by atoms with Gasteiger partial charge in [0.25, 0.3) is 0 Å². The molecule has 0 saturated carbocycles. The molecule has 0 saturated heterocycles. The molecule has 0 bridgehead atoms. The third kappa shape index (κ3) is 2.32. The van der Waals surface area contributed by atoms with Gasteiger partial charge in [-0.1, -0.05) is 31.2 Å². The molecule has 1 aromatic carbocycles. The molecule has 0 aliphatic heterocycles. The topological polar surface area (TPSA) is 23.5 Å². The van der Waals surface area contributed by atoms with Crippen molar-refractivity contribution in [3.05, 3.63) is 35.4 Å². The second kappa shape index (κ2) is 4.24. The quantitative estimate of drug-likeness (QED) is 0.693. The SMILES string of the molecule is CCc1ccccc1CN(C)O. The largest absolute Gasteiger partial charge is 0.314 e. The Morgan fingerprint density at radius 3 is 2.33 bits per heavy atom. The van der Waals surface area contributed by atoms with Crippen molar-refractivity contribution >= 4 is 0 Å². The van der Waals surface area contributed by atoms with Crippen LogP contribution in [0.3, 0.4) is 0 Å². The molecule has 1 rings (SSSR count). The van der Waals surface area contributed by atoms with Gasteiger partial charge in [0, 0.05) is 13.6 Å². The minimum Gasteiger partial charge on any atom is -0.314 e. The first-order valence-electron chi connectivity index (χ1n) is 4.21. The number of nitrogens with zero attached hydrogens (tertiary/aromatic N) is 1. The molecule has 0 fully saturated rings. The highest BCUT2D eigenvalue weighted by molar-refractivity contribution is 5.26. The van der Waals surface area contributed by atoms with E-state index in [0.717, 1.165) is 6.42 Å². The lowest BCUT2D eigenvalue weighted by molar-refractivity contribution is -0.0733. The Hall–Kier alpha value is -0.860. The smallest absolute Gasteiger partial charge is 0.0488 e. The highest BCUT2D eigenvalue weighted by Gasteiger charge is 2.00. The van der Waals surface area contributed by atoms with Crippen LogP contribution in [0.1, 0.15) is 18.1 Å². The molecule has 0 aliphatic carbocycles. The second-order valence-corrected chi connectivity index (χ2v) is 2.94. The van der Waals surface area contributed by atoms with E-state index in [4.69, 9.17) is 5.21 Å². The summed E-state index contributed by atoms with van der Waals surface area (Å²) in [6, 6.07) is 8.17. The summed E-state index contributed by atoms with van der Waals surface area (Å²) in [5.41, 5.74) is 2.50. The van der Waals surface area contributed by atoms with Crippen LogP contribution in [0.2, 0.25) is 0 Å². The summed E-state index contributed by atoms with van der Waals surface area (Å²) in [5, 5.41) is 10.3. The van der Waals surface area contributed by atoms with Crippen molar-refractivity contribution < 1.29 is 5.21 Å². The van der Waals surface area contributed by atoms with Crippen LogP contribution in [0.15, 0.2) is 24.3 Å². The third-order valence-electron chi connectivity index (χ3n) is 1.90. The summed E-state index contributed by atoms with van der Waals surface area (Å²) in [5.74, 6) is 0. The number of hydrogen-bond acceptors (Lipinski definition) is 2. The minimum absolute atomic E-state index is 0.601. The number of hydroxylamine groups is 2. The zero-order valence-corrected chi connectivity index (χ0v) is 7.62. The monoisotopic (exact) mass is 165 g/mol. The lowest BCUT2D eigenvalue weighted by Crippen LogP contribution is -2.12. The molecule has 0 unspecified atom stereocenters. The van der Waals surface area contributed by atoms with Gasteiger partial charge in [0.05, 0.1) is 0 Å². The predicted molar refractivity (Wildman–Crippen MR) is 49.1 cm³/mol. The third-order valence-corrected chi connectivity index (χ3v) is 1.90. The van der Waals surface area contributed by atoms with Gasteiger partial charge in [-0.3, -0.25) is 0 Å². The molecule has 0 spiro atoms. The number of aryl methyl sites for hydroxylation is 1. The van der Waals surface area contributed by atoms with Crippen LogP contribution in [-0.2, 0) is 13.0 Å². The van der Waals surface area contributed by atoms with Crippen molar-refractivity contribution in [1.82, 2.24) is 5.06 Å². The van der Waals surface area contributed by atoms with Crippen molar-refractivity contribution in [3.8, 4) is 0 Å². The molecule has 2 nitrogen and oxygen atoms in total. The van der Waals surface area contributed by atoms with Crippen LogP contribution < -0.4 is 0 Å². The standard InChI is InChI=1S/C10H15NO/c1-3-9-6-4-5-7-10(9)8-11(2)12/h4-7,12H,3,8H2,1-2H3. The summed E-state index contributed by atoms with van der Waals surface area (Å²) >= 11 is 0. The van der Waals surface area contributed by atoms with E-state index in [2.05, 4.69) is 13.0 Å². The molecule has 66 valence electrons. The average molecular weight is 165 g/mol. The van der Waals surface area contributed by atoms with Crippen LogP contribution >= 0.6 is 0 Å². The van der Waals surface area contributed by atoms with Gasteiger partial charge in [0.15, 0.2) is 0 Å². The molecule has 1 N–H and O–H groups in total. The number of hydrogen-bond donors (Lipinski definition) is 1. The van der Waals surface area contributed by atoms with Crippen molar-refractivity contribution in [2.24, 2.45) is 0 Å². The van der Waals surface area contributed by atoms with E-state index in [0.29, 0.717) is 6.54 Å². The van der Waals surface area contributed by atoms with Crippen LogP contribution in [0.5, 0.6) is 0 Å². The first-order chi connectivity index (χ1) is 5.74. The number of benzene rings is 1. The van der Waals surface area contributed by atoms with Gasteiger partial charge in [-0.2, -0.15) is 5.06 Å². The highest BCUT2D eigenvalue weighted by atomic mass is 16.5. The summed E-state index contributed by atoms with van der Waals surface area (Å²) in [7, 11) is 1.66. The Labute approximate surface area is 73.4 Å². The summed E-state index contributed by atoms with van der Waals surface area (Å²) in [4.78, 5) is 0. The van der Waals surface area contributed by atoms with Gasteiger partial charge in [0.1, 0.15) is 0 Å². The zero-order valence-electron chi connectivity index (χ0n) is 7.62.